The van der Waals surface area contributed by atoms with Crippen LogP contribution >= 0.6 is 0 Å². The molecule has 110 valence electrons. The van der Waals surface area contributed by atoms with E-state index in [0.29, 0.717) is 17.3 Å². The maximum Gasteiger partial charge on any atom is 0.149 e. The molecule has 2 N–H and O–H groups in total. The van der Waals surface area contributed by atoms with Crippen molar-refractivity contribution in [3.63, 3.8) is 0 Å². The zero-order chi connectivity index (χ0) is 15.2. The third-order valence-corrected chi connectivity index (χ3v) is 4.61. The number of rotatable bonds is 3. The topological polar surface area (TPSA) is 90.9 Å². The molecular weight excluding hydrogens is 276 g/mol. The van der Waals surface area contributed by atoms with Crippen molar-refractivity contribution in [2.75, 3.05) is 17.7 Å². The zero-order valence-corrected chi connectivity index (χ0v) is 13.2. The van der Waals surface area contributed by atoms with Gasteiger partial charge < -0.3 is 10.3 Å². The van der Waals surface area contributed by atoms with Crippen LogP contribution in [-0.2, 0) is 9.84 Å². The van der Waals surface area contributed by atoms with Gasteiger partial charge >= 0.3 is 0 Å². The molecule has 0 radical (unpaired) electrons. The molecule has 0 bridgehead atoms. The van der Waals surface area contributed by atoms with Crippen molar-refractivity contribution in [3.05, 3.63) is 17.1 Å². The van der Waals surface area contributed by atoms with Crippen molar-refractivity contribution in [1.29, 1.82) is 0 Å². The van der Waals surface area contributed by atoms with E-state index >= 15 is 0 Å². The Morgan fingerprint density at radius 1 is 1.25 bits per heavy atom. The van der Waals surface area contributed by atoms with E-state index in [1.807, 2.05) is 25.3 Å². The van der Waals surface area contributed by atoms with Crippen LogP contribution in [0.2, 0.25) is 0 Å². The fourth-order valence-corrected chi connectivity index (χ4v) is 3.71. The highest BCUT2D eigenvalue weighted by Gasteiger charge is 2.21. The van der Waals surface area contributed by atoms with E-state index in [0.717, 1.165) is 16.6 Å². The van der Waals surface area contributed by atoms with Crippen LogP contribution < -0.4 is 5.73 Å². The molecule has 1 unspecified atom stereocenters. The number of aryl methyl sites for hydroxylation is 2. The minimum Gasteiger partial charge on any atom is -0.383 e. The average Bonchev–Trinajstić information content (AvgIpc) is 2.48. The van der Waals surface area contributed by atoms with Crippen molar-refractivity contribution >= 4 is 26.7 Å². The first-order valence-electron chi connectivity index (χ1n) is 6.40. The van der Waals surface area contributed by atoms with Crippen molar-refractivity contribution in [1.82, 2.24) is 14.5 Å². The molecular formula is C13H20N4O2S. The zero-order valence-electron chi connectivity index (χ0n) is 12.4. The van der Waals surface area contributed by atoms with E-state index in [1.54, 1.807) is 6.92 Å². The second-order valence-corrected chi connectivity index (χ2v) is 7.56. The van der Waals surface area contributed by atoms with Gasteiger partial charge in [-0.1, -0.05) is 0 Å². The van der Waals surface area contributed by atoms with Crippen LogP contribution in [0.25, 0.3) is 11.0 Å². The molecule has 6 nitrogen and oxygen atoms in total. The summed E-state index contributed by atoms with van der Waals surface area (Å²) >= 11 is 0. The van der Waals surface area contributed by atoms with Gasteiger partial charge in [0.15, 0.2) is 0 Å². The smallest absolute Gasteiger partial charge is 0.149 e. The Labute approximate surface area is 118 Å². The minimum absolute atomic E-state index is 0.0695. The van der Waals surface area contributed by atoms with Crippen LogP contribution in [0.1, 0.15) is 30.0 Å². The molecule has 0 aliphatic heterocycles. The van der Waals surface area contributed by atoms with Crippen LogP contribution in [0.15, 0.2) is 0 Å². The molecule has 20 heavy (non-hydrogen) atoms. The van der Waals surface area contributed by atoms with Crippen LogP contribution in [0.4, 0.5) is 5.82 Å². The molecule has 0 aromatic carbocycles. The van der Waals surface area contributed by atoms with E-state index < -0.39 is 9.84 Å². The van der Waals surface area contributed by atoms with Gasteiger partial charge in [0.05, 0.1) is 11.1 Å². The van der Waals surface area contributed by atoms with Crippen LogP contribution in [0.3, 0.4) is 0 Å². The molecule has 2 aromatic heterocycles. The Morgan fingerprint density at radius 2 is 1.85 bits per heavy atom. The van der Waals surface area contributed by atoms with Crippen molar-refractivity contribution in [2.45, 2.75) is 33.7 Å². The van der Waals surface area contributed by atoms with Crippen molar-refractivity contribution in [2.24, 2.45) is 0 Å². The number of aromatic nitrogens is 3. The average molecular weight is 296 g/mol. The Morgan fingerprint density at radius 3 is 2.40 bits per heavy atom. The first-order chi connectivity index (χ1) is 9.11. The lowest BCUT2D eigenvalue weighted by Gasteiger charge is -2.16. The summed E-state index contributed by atoms with van der Waals surface area (Å²) < 4.78 is 25.0. The summed E-state index contributed by atoms with van der Waals surface area (Å²) in [4.78, 5) is 8.63. The number of hydrogen-bond acceptors (Lipinski definition) is 5. The number of nitrogen functional groups attached to an aromatic ring is 1. The van der Waals surface area contributed by atoms with E-state index in [2.05, 4.69) is 9.97 Å². The van der Waals surface area contributed by atoms with Gasteiger partial charge in [0.2, 0.25) is 0 Å². The van der Waals surface area contributed by atoms with Crippen LogP contribution in [0, 0.1) is 20.8 Å². The van der Waals surface area contributed by atoms with E-state index in [4.69, 9.17) is 5.73 Å². The van der Waals surface area contributed by atoms with Crippen molar-refractivity contribution in [3.8, 4) is 0 Å². The molecule has 0 amide bonds. The summed E-state index contributed by atoms with van der Waals surface area (Å²) in [6.45, 7) is 7.56. The molecule has 0 saturated carbocycles. The normalized spacial score (nSPS) is 13.8. The molecule has 0 spiro atoms. The first kappa shape index (κ1) is 14.8. The molecule has 0 aliphatic rings. The first-order valence-corrected chi connectivity index (χ1v) is 8.46. The number of hydrogen-bond donors (Lipinski definition) is 1. The lowest BCUT2D eigenvalue weighted by atomic mass is 10.2. The summed E-state index contributed by atoms with van der Waals surface area (Å²) in [5.74, 6) is 1.10. The number of nitrogens with zero attached hydrogens (tertiary/aromatic N) is 3. The highest BCUT2D eigenvalue weighted by molar-refractivity contribution is 7.90. The Bertz CT molecular complexity index is 778. The number of sulfone groups is 1. The molecule has 0 saturated heterocycles. The summed E-state index contributed by atoms with van der Waals surface area (Å²) in [5, 5.41) is 0.813. The third-order valence-electron chi connectivity index (χ3n) is 3.52. The predicted octanol–water partition coefficient (Wildman–Crippen LogP) is 1.54. The maximum absolute atomic E-state index is 11.5. The summed E-state index contributed by atoms with van der Waals surface area (Å²) in [6, 6.07) is -0.199. The predicted molar refractivity (Wildman–Crippen MR) is 80.6 cm³/mol. The third kappa shape index (κ3) is 2.49. The second kappa shape index (κ2) is 4.73. The molecule has 1 atom stereocenters. The molecule has 2 heterocycles. The highest BCUT2D eigenvalue weighted by atomic mass is 32.2. The van der Waals surface area contributed by atoms with E-state index in [9.17, 15) is 8.42 Å². The summed E-state index contributed by atoms with van der Waals surface area (Å²) in [5.41, 5.74) is 8.67. The molecule has 2 aromatic rings. The SMILES string of the molecule is Cc1nc(N)c2c(C)c(C)n(C(C)CS(C)(=O)=O)c2n1. The molecule has 2 rings (SSSR count). The lowest BCUT2D eigenvalue weighted by Crippen LogP contribution is -2.18. The quantitative estimate of drug-likeness (QED) is 0.927. The summed E-state index contributed by atoms with van der Waals surface area (Å²) in [7, 11) is -3.06. The number of fused-ring (bicyclic) bond motifs is 1. The fraction of sp³-hybridized carbons (Fsp3) is 0.538. The Kier molecular flexibility index (Phi) is 3.49. The van der Waals surface area contributed by atoms with Gasteiger partial charge in [-0.3, -0.25) is 0 Å². The number of nitrogens with two attached hydrogens (primary N) is 1. The molecule has 7 heteroatoms. The highest BCUT2D eigenvalue weighted by Crippen LogP contribution is 2.30. The van der Waals surface area contributed by atoms with Crippen LogP contribution in [0.5, 0.6) is 0 Å². The van der Waals surface area contributed by atoms with Gasteiger partial charge in [-0.25, -0.2) is 18.4 Å². The lowest BCUT2D eigenvalue weighted by molar-refractivity contribution is 0.562. The number of anilines is 1. The van der Waals surface area contributed by atoms with Gasteiger partial charge in [-0.2, -0.15) is 0 Å². The maximum atomic E-state index is 11.5. The Balaban J connectivity index is 2.73. The molecule has 0 fully saturated rings. The van der Waals surface area contributed by atoms with Crippen molar-refractivity contribution < 1.29 is 8.42 Å². The monoisotopic (exact) mass is 296 g/mol. The second-order valence-electron chi connectivity index (χ2n) is 5.38. The van der Waals surface area contributed by atoms with Gasteiger partial charge in [0.25, 0.3) is 0 Å². The fourth-order valence-electron chi connectivity index (χ4n) is 2.69. The molecule has 0 aliphatic carbocycles. The van der Waals surface area contributed by atoms with Gasteiger partial charge in [-0.05, 0) is 33.3 Å². The van der Waals surface area contributed by atoms with E-state index in [1.165, 1.54) is 6.26 Å². The van der Waals surface area contributed by atoms with Crippen LogP contribution in [-0.4, -0.2) is 35.0 Å². The van der Waals surface area contributed by atoms with Gasteiger partial charge in [0.1, 0.15) is 27.1 Å². The summed E-state index contributed by atoms with van der Waals surface area (Å²) in [6.07, 6.45) is 1.24. The van der Waals surface area contributed by atoms with Gasteiger partial charge in [-0.15, -0.1) is 0 Å². The van der Waals surface area contributed by atoms with E-state index in [-0.39, 0.29) is 11.8 Å². The van der Waals surface area contributed by atoms with Gasteiger partial charge in [0, 0.05) is 18.0 Å². The minimum atomic E-state index is -3.06. The Hall–Kier alpha value is -1.63. The largest absolute Gasteiger partial charge is 0.383 e. The standard InChI is InChI=1S/C13H20N4O2S/c1-7(6-20(5,18)19)17-9(3)8(2)11-12(14)15-10(4)16-13(11)17/h7H,6H2,1-5H3,(H2,14,15,16).